The molecule has 1 aromatic heterocycles. The Labute approximate surface area is 142 Å². The van der Waals surface area contributed by atoms with Gasteiger partial charge in [-0.1, -0.05) is 45.7 Å². The van der Waals surface area contributed by atoms with Gasteiger partial charge in [0.25, 0.3) is 0 Å². The molecule has 5 heteroatoms. The van der Waals surface area contributed by atoms with Gasteiger partial charge < -0.3 is 0 Å². The molecule has 0 aliphatic rings. The van der Waals surface area contributed by atoms with E-state index in [1.54, 1.807) is 0 Å². The van der Waals surface area contributed by atoms with Crippen LogP contribution in [0.2, 0.25) is 0 Å². The lowest BCUT2D eigenvalue weighted by Gasteiger charge is -2.12. The number of hydrogen-bond acceptors (Lipinski definition) is 2. The normalized spacial score (nSPS) is 11.1. The van der Waals surface area contributed by atoms with Crippen LogP contribution in [0.15, 0.2) is 39.4 Å². The van der Waals surface area contributed by atoms with E-state index >= 15 is 0 Å². The Bertz CT molecular complexity index is 633. The Morgan fingerprint density at radius 3 is 2.57 bits per heavy atom. The molecule has 3 nitrogen and oxygen atoms in total. The lowest BCUT2D eigenvalue weighted by Crippen LogP contribution is -2.09. The van der Waals surface area contributed by atoms with Crippen molar-refractivity contribution >= 4 is 37.6 Å². The molecule has 112 valence electrons. The van der Waals surface area contributed by atoms with Gasteiger partial charge in [-0.2, -0.15) is 5.10 Å². The van der Waals surface area contributed by atoms with Crippen molar-refractivity contribution in [3.63, 3.8) is 0 Å². The van der Waals surface area contributed by atoms with Gasteiger partial charge in [-0.15, -0.1) is 0 Å². The van der Waals surface area contributed by atoms with Crippen molar-refractivity contribution in [3.8, 4) is 0 Å². The van der Waals surface area contributed by atoms with Crippen molar-refractivity contribution in [1.29, 1.82) is 0 Å². The van der Waals surface area contributed by atoms with Gasteiger partial charge in [0.15, 0.2) is 5.78 Å². The second kappa shape index (κ2) is 7.36. The van der Waals surface area contributed by atoms with Gasteiger partial charge in [-0.3, -0.25) is 9.48 Å². The minimum absolute atomic E-state index is 0.0733. The van der Waals surface area contributed by atoms with Crippen molar-refractivity contribution in [2.45, 2.75) is 39.2 Å². The number of carbonyl (C=O) groups excluding carboxylic acids is 1. The number of benzene rings is 1. The van der Waals surface area contributed by atoms with E-state index in [4.69, 9.17) is 0 Å². The number of ketones is 1. The van der Waals surface area contributed by atoms with E-state index in [9.17, 15) is 4.79 Å². The number of Topliss-reactive ketones (excluding diaryl/α,β-unsaturated/α-hetero) is 1. The summed E-state index contributed by atoms with van der Waals surface area (Å²) in [5.41, 5.74) is 1.51. The summed E-state index contributed by atoms with van der Waals surface area (Å²) in [5, 5.41) is 4.54. The minimum atomic E-state index is 0.0733. The number of nitrogens with zero attached hydrogens (tertiary/aromatic N) is 2. The Morgan fingerprint density at radius 1 is 1.24 bits per heavy atom. The number of carbonyl (C=O) groups is 1. The molecule has 0 saturated heterocycles. The van der Waals surface area contributed by atoms with E-state index in [0.717, 1.165) is 27.5 Å². The quantitative estimate of drug-likeness (QED) is 0.610. The summed E-state index contributed by atoms with van der Waals surface area (Å²) in [6, 6.07) is 7.93. The topological polar surface area (TPSA) is 34.9 Å². The van der Waals surface area contributed by atoms with E-state index < -0.39 is 0 Å². The van der Waals surface area contributed by atoms with Gasteiger partial charge in [0.1, 0.15) is 0 Å². The average molecular weight is 414 g/mol. The zero-order chi connectivity index (χ0) is 15.4. The third-order valence-corrected chi connectivity index (χ3v) is 4.70. The molecule has 0 radical (unpaired) electrons. The number of aromatic nitrogens is 2. The van der Waals surface area contributed by atoms with Crippen LogP contribution in [0, 0.1) is 0 Å². The van der Waals surface area contributed by atoms with Crippen LogP contribution in [0.1, 0.15) is 48.8 Å². The van der Waals surface area contributed by atoms with Crippen molar-refractivity contribution in [1.82, 2.24) is 9.78 Å². The Hall–Kier alpha value is -0.940. The molecule has 0 amide bonds. The van der Waals surface area contributed by atoms with Gasteiger partial charge >= 0.3 is 0 Å². The first kappa shape index (κ1) is 16.4. The molecule has 0 atom stereocenters. The third-order valence-electron chi connectivity index (χ3n) is 3.55. The van der Waals surface area contributed by atoms with Crippen LogP contribution in [0.4, 0.5) is 0 Å². The van der Waals surface area contributed by atoms with Gasteiger partial charge in [0.05, 0.1) is 18.2 Å². The molecule has 1 aromatic carbocycles. The van der Waals surface area contributed by atoms with Crippen LogP contribution < -0.4 is 0 Å². The Kier molecular flexibility index (Phi) is 5.76. The summed E-state index contributed by atoms with van der Waals surface area (Å²) in [4.78, 5) is 12.4. The second-order valence-corrected chi connectivity index (χ2v) is 6.75. The van der Waals surface area contributed by atoms with Crippen molar-refractivity contribution in [2.75, 3.05) is 0 Å². The molecule has 0 unspecified atom stereocenters. The first-order chi connectivity index (χ1) is 10.0. The molecule has 1 heterocycles. The van der Waals surface area contributed by atoms with Gasteiger partial charge in [-0.25, -0.2) is 0 Å². The van der Waals surface area contributed by atoms with Crippen molar-refractivity contribution in [3.05, 3.63) is 50.7 Å². The van der Waals surface area contributed by atoms with E-state index in [0.29, 0.717) is 18.0 Å². The fraction of sp³-hybridized carbons (Fsp3) is 0.375. The van der Waals surface area contributed by atoms with Crippen LogP contribution in [0.5, 0.6) is 0 Å². The summed E-state index contributed by atoms with van der Waals surface area (Å²) in [6.07, 6.45) is 4.39. The van der Waals surface area contributed by atoms with Crippen LogP contribution in [-0.4, -0.2) is 15.6 Å². The molecule has 2 rings (SSSR count). The second-order valence-electron chi connectivity index (χ2n) is 4.98. The predicted molar refractivity (Wildman–Crippen MR) is 91.7 cm³/mol. The molecule has 0 bridgehead atoms. The van der Waals surface area contributed by atoms with Gasteiger partial charge in [0.2, 0.25) is 0 Å². The molecular weight excluding hydrogens is 396 g/mol. The molecular formula is C16H18Br2N2O. The van der Waals surface area contributed by atoms with E-state index in [2.05, 4.69) is 50.8 Å². The maximum absolute atomic E-state index is 12.4. The first-order valence-corrected chi connectivity index (χ1v) is 8.66. The molecule has 0 saturated carbocycles. The van der Waals surface area contributed by atoms with Gasteiger partial charge in [0, 0.05) is 20.7 Å². The summed E-state index contributed by atoms with van der Waals surface area (Å²) < 4.78 is 3.73. The zero-order valence-electron chi connectivity index (χ0n) is 12.1. The number of rotatable bonds is 6. The fourth-order valence-corrected chi connectivity index (χ4v) is 3.58. The van der Waals surface area contributed by atoms with Crippen LogP contribution in [-0.2, 0) is 6.42 Å². The largest absolute Gasteiger partial charge is 0.294 e. The molecule has 2 aromatic rings. The zero-order valence-corrected chi connectivity index (χ0v) is 15.3. The van der Waals surface area contributed by atoms with Gasteiger partial charge in [-0.05, 0) is 37.1 Å². The van der Waals surface area contributed by atoms with Crippen molar-refractivity contribution in [2.24, 2.45) is 0 Å². The highest BCUT2D eigenvalue weighted by molar-refractivity contribution is 9.11. The Balaban J connectivity index is 2.13. The summed E-state index contributed by atoms with van der Waals surface area (Å²) in [7, 11) is 0. The smallest absolute Gasteiger partial charge is 0.170 e. The first-order valence-electron chi connectivity index (χ1n) is 7.07. The SMILES string of the molecule is CCC(CC)n1ccc(CC(=O)c2ccc(Br)cc2Br)n1. The predicted octanol–water partition coefficient (Wildman–Crippen LogP) is 5.19. The molecule has 21 heavy (non-hydrogen) atoms. The lowest BCUT2D eigenvalue weighted by molar-refractivity contribution is 0.0991. The van der Waals surface area contributed by atoms with E-state index in [1.165, 1.54) is 0 Å². The van der Waals surface area contributed by atoms with Crippen molar-refractivity contribution < 1.29 is 4.79 Å². The monoisotopic (exact) mass is 412 g/mol. The number of halogens is 2. The highest BCUT2D eigenvalue weighted by Crippen LogP contribution is 2.23. The minimum Gasteiger partial charge on any atom is -0.294 e. The summed E-state index contributed by atoms with van der Waals surface area (Å²) in [6.45, 7) is 4.30. The molecule has 0 aliphatic heterocycles. The van der Waals surface area contributed by atoms with Crippen LogP contribution >= 0.6 is 31.9 Å². The molecule has 0 N–H and O–H groups in total. The lowest BCUT2D eigenvalue weighted by atomic mass is 10.1. The maximum Gasteiger partial charge on any atom is 0.170 e. The Morgan fingerprint density at radius 2 is 1.95 bits per heavy atom. The molecule has 0 fully saturated rings. The highest BCUT2D eigenvalue weighted by Gasteiger charge is 2.14. The van der Waals surface area contributed by atoms with E-state index in [1.807, 2.05) is 35.1 Å². The standard InChI is InChI=1S/C16H18Br2N2O/c1-3-13(4-2)20-8-7-12(19-20)10-16(21)14-6-5-11(17)9-15(14)18/h5-9,13H,3-4,10H2,1-2H3. The molecule has 0 aliphatic carbocycles. The van der Waals surface area contributed by atoms with E-state index in [-0.39, 0.29) is 5.78 Å². The van der Waals surface area contributed by atoms with Crippen LogP contribution in [0.3, 0.4) is 0 Å². The highest BCUT2D eigenvalue weighted by atomic mass is 79.9. The fourth-order valence-electron chi connectivity index (χ4n) is 2.31. The van der Waals surface area contributed by atoms with Crippen LogP contribution in [0.25, 0.3) is 0 Å². The number of hydrogen-bond donors (Lipinski definition) is 0. The summed E-state index contributed by atoms with van der Waals surface area (Å²) >= 11 is 6.83. The third kappa shape index (κ3) is 4.04. The summed E-state index contributed by atoms with van der Waals surface area (Å²) in [5.74, 6) is 0.0733. The molecule has 0 spiro atoms. The maximum atomic E-state index is 12.4. The average Bonchev–Trinajstić information content (AvgIpc) is 2.88.